The smallest absolute Gasteiger partial charge is 0.352 e. The number of nitrogens with one attached hydrogen (secondary N) is 1. The van der Waals surface area contributed by atoms with E-state index in [1.807, 2.05) is 0 Å². The lowest BCUT2D eigenvalue weighted by molar-refractivity contribution is -0.132. The van der Waals surface area contributed by atoms with Crippen molar-refractivity contribution < 1.29 is 14.3 Å². The third kappa shape index (κ3) is 1.85. The molecular formula is C12H9FN4O2. The fourth-order valence-electron chi connectivity index (χ4n) is 1.99. The molecule has 2 heterocycles. The first-order chi connectivity index (χ1) is 9.16. The quantitative estimate of drug-likeness (QED) is 0.853. The van der Waals surface area contributed by atoms with Crippen molar-refractivity contribution in [3.05, 3.63) is 53.7 Å². The van der Waals surface area contributed by atoms with Gasteiger partial charge < -0.3 is 10.4 Å². The summed E-state index contributed by atoms with van der Waals surface area (Å²) in [7, 11) is 0. The molecular weight excluding hydrogens is 251 g/mol. The Bertz CT molecular complexity index is 680. The number of halogens is 1. The normalized spacial score (nSPS) is 17.3. The van der Waals surface area contributed by atoms with Crippen molar-refractivity contribution in [3.8, 4) is 0 Å². The SMILES string of the molecule is O=C(O)C1=C[C@@H](c2ccccc2F)n2ncnc2N1. The number of hydrogen-bond donors (Lipinski definition) is 2. The van der Waals surface area contributed by atoms with Gasteiger partial charge in [-0.05, 0) is 12.1 Å². The number of rotatable bonds is 2. The molecule has 2 aromatic rings. The van der Waals surface area contributed by atoms with Gasteiger partial charge in [-0.2, -0.15) is 10.1 Å². The first-order valence-electron chi connectivity index (χ1n) is 5.53. The first kappa shape index (κ1) is 11.4. The second-order valence-corrected chi connectivity index (χ2v) is 4.01. The van der Waals surface area contributed by atoms with Gasteiger partial charge in [-0.25, -0.2) is 13.9 Å². The van der Waals surface area contributed by atoms with Crippen molar-refractivity contribution in [2.75, 3.05) is 5.32 Å². The summed E-state index contributed by atoms with van der Waals surface area (Å²) in [6.45, 7) is 0. The number of carboxylic acids is 1. The number of benzene rings is 1. The van der Waals surface area contributed by atoms with Crippen LogP contribution < -0.4 is 5.32 Å². The standard InChI is InChI=1S/C12H9FN4O2/c13-8-4-2-1-3-7(8)10-5-9(11(18)19)16-12-14-6-15-17(10)12/h1-6,10H,(H,18,19)(H,14,15,16)/t10-/m0/s1. The second-order valence-electron chi connectivity index (χ2n) is 4.01. The summed E-state index contributed by atoms with van der Waals surface area (Å²) in [6, 6.07) is 5.54. The van der Waals surface area contributed by atoms with E-state index in [1.54, 1.807) is 18.2 Å². The molecule has 19 heavy (non-hydrogen) atoms. The minimum atomic E-state index is -1.13. The van der Waals surface area contributed by atoms with E-state index in [-0.39, 0.29) is 11.6 Å². The molecule has 0 amide bonds. The van der Waals surface area contributed by atoms with Crippen molar-refractivity contribution in [2.24, 2.45) is 0 Å². The van der Waals surface area contributed by atoms with Crippen LogP contribution in [0.25, 0.3) is 0 Å². The Kier molecular flexibility index (Phi) is 2.52. The van der Waals surface area contributed by atoms with E-state index in [2.05, 4.69) is 15.4 Å². The maximum atomic E-state index is 13.8. The van der Waals surface area contributed by atoms with Crippen LogP contribution in [0, 0.1) is 5.82 Å². The summed E-state index contributed by atoms with van der Waals surface area (Å²) in [6.07, 6.45) is 2.69. The summed E-state index contributed by atoms with van der Waals surface area (Å²) >= 11 is 0. The number of carbonyl (C=O) groups is 1. The number of allylic oxidation sites excluding steroid dienone is 1. The molecule has 96 valence electrons. The summed E-state index contributed by atoms with van der Waals surface area (Å²) in [4.78, 5) is 15.0. The monoisotopic (exact) mass is 260 g/mol. The van der Waals surface area contributed by atoms with Crippen molar-refractivity contribution in [3.63, 3.8) is 0 Å². The number of anilines is 1. The van der Waals surface area contributed by atoms with Crippen LogP contribution in [0.15, 0.2) is 42.4 Å². The topological polar surface area (TPSA) is 80.0 Å². The van der Waals surface area contributed by atoms with Gasteiger partial charge in [-0.15, -0.1) is 0 Å². The molecule has 3 rings (SSSR count). The molecule has 7 heteroatoms. The highest BCUT2D eigenvalue weighted by molar-refractivity contribution is 5.90. The Morgan fingerprint density at radius 3 is 2.95 bits per heavy atom. The lowest BCUT2D eigenvalue weighted by atomic mass is 10.0. The highest BCUT2D eigenvalue weighted by Gasteiger charge is 2.26. The molecule has 6 nitrogen and oxygen atoms in total. The largest absolute Gasteiger partial charge is 0.477 e. The minimum Gasteiger partial charge on any atom is -0.477 e. The van der Waals surface area contributed by atoms with Crippen LogP contribution in [0.2, 0.25) is 0 Å². The maximum absolute atomic E-state index is 13.8. The molecule has 0 radical (unpaired) electrons. The maximum Gasteiger partial charge on any atom is 0.352 e. The van der Waals surface area contributed by atoms with Crippen LogP contribution in [-0.2, 0) is 4.79 Å². The zero-order chi connectivity index (χ0) is 13.4. The van der Waals surface area contributed by atoms with E-state index in [1.165, 1.54) is 23.2 Å². The van der Waals surface area contributed by atoms with Crippen molar-refractivity contribution >= 4 is 11.9 Å². The second kappa shape index (κ2) is 4.20. The number of carboxylic acid groups (broad SMARTS) is 1. The number of aromatic nitrogens is 3. The third-order valence-electron chi connectivity index (χ3n) is 2.86. The fraction of sp³-hybridized carbons (Fsp3) is 0.0833. The summed E-state index contributed by atoms with van der Waals surface area (Å²) in [5.74, 6) is -1.28. The van der Waals surface area contributed by atoms with E-state index < -0.39 is 17.8 Å². The molecule has 1 aromatic heterocycles. The first-order valence-corrected chi connectivity index (χ1v) is 5.53. The molecule has 1 aliphatic rings. The summed E-state index contributed by atoms with van der Waals surface area (Å²) < 4.78 is 15.3. The van der Waals surface area contributed by atoms with Crippen LogP contribution >= 0.6 is 0 Å². The summed E-state index contributed by atoms with van der Waals surface area (Å²) in [5.41, 5.74) is 0.295. The number of hydrogen-bond acceptors (Lipinski definition) is 4. The highest BCUT2D eigenvalue weighted by Crippen LogP contribution is 2.29. The Morgan fingerprint density at radius 2 is 2.21 bits per heavy atom. The van der Waals surface area contributed by atoms with Crippen LogP contribution in [0.3, 0.4) is 0 Å². The number of aliphatic carboxylic acids is 1. The lowest BCUT2D eigenvalue weighted by Gasteiger charge is -2.22. The molecule has 0 fully saturated rings. The Morgan fingerprint density at radius 1 is 1.42 bits per heavy atom. The Balaban J connectivity index is 2.15. The average molecular weight is 260 g/mol. The number of fused-ring (bicyclic) bond motifs is 1. The van der Waals surface area contributed by atoms with Gasteiger partial charge in [-0.1, -0.05) is 18.2 Å². The zero-order valence-electron chi connectivity index (χ0n) is 9.62. The van der Waals surface area contributed by atoms with Crippen molar-refractivity contribution in [2.45, 2.75) is 6.04 Å². The summed E-state index contributed by atoms with van der Waals surface area (Å²) in [5, 5.41) is 15.7. The third-order valence-corrected chi connectivity index (χ3v) is 2.86. The Labute approximate surface area is 107 Å². The molecule has 0 unspecified atom stereocenters. The van der Waals surface area contributed by atoms with E-state index >= 15 is 0 Å². The lowest BCUT2D eigenvalue weighted by Crippen LogP contribution is -2.24. The molecule has 0 spiro atoms. The van der Waals surface area contributed by atoms with Gasteiger partial charge in [0.1, 0.15) is 23.9 Å². The van der Waals surface area contributed by atoms with Gasteiger partial charge in [0.2, 0.25) is 5.95 Å². The van der Waals surface area contributed by atoms with Gasteiger partial charge in [0.05, 0.1) is 0 Å². The predicted molar refractivity (Wildman–Crippen MR) is 63.9 cm³/mol. The van der Waals surface area contributed by atoms with Gasteiger partial charge >= 0.3 is 5.97 Å². The zero-order valence-corrected chi connectivity index (χ0v) is 9.62. The molecule has 0 saturated heterocycles. The van der Waals surface area contributed by atoms with Gasteiger partial charge in [-0.3, -0.25) is 0 Å². The van der Waals surface area contributed by atoms with Crippen LogP contribution in [0.5, 0.6) is 0 Å². The Hall–Kier alpha value is -2.70. The molecule has 0 bridgehead atoms. The van der Waals surface area contributed by atoms with Crippen molar-refractivity contribution in [1.29, 1.82) is 0 Å². The van der Waals surface area contributed by atoms with E-state index in [4.69, 9.17) is 5.11 Å². The van der Waals surface area contributed by atoms with Gasteiger partial charge in [0.15, 0.2) is 0 Å². The predicted octanol–water partition coefficient (Wildman–Crippen LogP) is 1.40. The van der Waals surface area contributed by atoms with E-state index in [0.717, 1.165) is 0 Å². The van der Waals surface area contributed by atoms with Crippen molar-refractivity contribution in [1.82, 2.24) is 14.8 Å². The number of nitrogens with zero attached hydrogens (tertiary/aromatic N) is 3. The van der Waals surface area contributed by atoms with Crippen LogP contribution in [0.1, 0.15) is 11.6 Å². The molecule has 1 aromatic carbocycles. The average Bonchev–Trinajstić information content (AvgIpc) is 2.86. The highest BCUT2D eigenvalue weighted by atomic mass is 19.1. The van der Waals surface area contributed by atoms with Crippen LogP contribution in [0.4, 0.5) is 10.3 Å². The fourth-order valence-corrected chi connectivity index (χ4v) is 1.99. The van der Waals surface area contributed by atoms with E-state index in [0.29, 0.717) is 5.56 Å². The van der Waals surface area contributed by atoms with Gasteiger partial charge in [0.25, 0.3) is 0 Å². The molecule has 2 N–H and O–H groups in total. The molecule has 1 aliphatic heterocycles. The van der Waals surface area contributed by atoms with Gasteiger partial charge in [0, 0.05) is 5.56 Å². The van der Waals surface area contributed by atoms with Crippen LogP contribution in [-0.4, -0.2) is 25.8 Å². The minimum absolute atomic E-state index is 0.0475. The molecule has 0 aliphatic carbocycles. The van der Waals surface area contributed by atoms with E-state index in [9.17, 15) is 9.18 Å². The molecule has 0 saturated carbocycles. The molecule has 1 atom stereocenters.